The first kappa shape index (κ1) is 14.7. The highest BCUT2D eigenvalue weighted by molar-refractivity contribution is 4.57. The zero-order chi connectivity index (χ0) is 10.7. The van der Waals surface area contributed by atoms with Crippen LogP contribution in [0.5, 0.6) is 0 Å². The number of hydrogen-bond acceptors (Lipinski definition) is 3. The van der Waals surface area contributed by atoms with Crippen LogP contribution in [0.15, 0.2) is 25.7 Å². The normalized spacial score (nSPS) is 11.2. The fourth-order valence-corrected chi connectivity index (χ4v) is 0.820. The zero-order valence-corrected chi connectivity index (χ0v) is 8.86. The molecule has 13 heavy (non-hydrogen) atoms. The molecule has 0 aromatic rings. The van der Waals surface area contributed by atoms with Crippen LogP contribution in [0.4, 0.5) is 0 Å². The van der Waals surface area contributed by atoms with E-state index >= 15 is 0 Å². The fraction of sp³-hybridized carbons (Fsp3) is 0.600. The van der Waals surface area contributed by atoms with Crippen LogP contribution in [0.3, 0.4) is 0 Å². The van der Waals surface area contributed by atoms with E-state index in [-0.39, 0.29) is 6.23 Å². The van der Waals surface area contributed by atoms with Gasteiger partial charge < -0.3 is 9.84 Å². The topological polar surface area (TPSA) is 32.7 Å². The summed E-state index contributed by atoms with van der Waals surface area (Å²) in [6.45, 7) is 14.2. The Hall–Kier alpha value is -0.800. The Morgan fingerprint density at radius 1 is 1.31 bits per heavy atom. The predicted molar refractivity (Wildman–Crippen MR) is 56.1 cm³/mol. The van der Waals surface area contributed by atoms with Crippen molar-refractivity contribution >= 4 is 0 Å². The number of aliphatic hydroxyl groups excluding tert-OH is 1. The summed E-state index contributed by atoms with van der Waals surface area (Å²) >= 11 is 0. The molecule has 78 valence electrons. The minimum Gasteiger partial charge on any atom is -0.474 e. The summed E-state index contributed by atoms with van der Waals surface area (Å²) in [6, 6.07) is 0. The van der Waals surface area contributed by atoms with Crippen molar-refractivity contribution < 1.29 is 9.84 Å². The van der Waals surface area contributed by atoms with Crippen LogP contribution in [-0.4, -0.2) is 29.3 Å². The van der Waals surface area contributed by atoms with E-state index in [1.165, 1.54) is 12.5 Å². The average Bonchev–Trinajstić information content (AvgIpc) is 2.08. The Bertz CT molecular complexity index is 114. The molecule has 3 nitrogen and oxygen atoms in total. The van der Waals surface area contributed by atoms with Crippen molar-refractivity contribution in [3.8, 4) is 0 Å². The number of aliphatic hydroxyl groups is 1. The number of nitrogens with zero attached hydrogens (tertiary/aromatic N) is 1. The molecule has 0 radical (unpaired) electrons. The monoisotopic (exact) mass is 187 g/mol. The van der Waals surface area contributed by atoms with Gasteiger partial charge in [0.05, 0.1) is 12.5 Å². The van der Waals surface area contributed by atoms with Crippen LogP contribution in [0, 0.1) is 0 Å². The van der Waals surface area contributed by atoms with Crippen molar-refractivity contribution in [2.24, 2.45) is 0 Å². The van der Waals surface area contributed by atoms with Gasteiger partial charge in [0, 0.05) is 0 Å². The van der Waals surface area contributed by atoms with Gasteiger partial charge in [-0.3, -0.25) is 4.90 Å². The summed E-state index contributed by atoms with van der Waals surface area (Å²) in [5, 5.41) is 8.94. The van der Waals surface area contributed by atoms with Gasteiger partial charge >= 0.3 is 0 Å². The lowest BCUT2D eigenvalue weighted by Crippen LogP contribution is -2.32. The lowest BCUT2D eigenvalue weighted by Gasteiger charge is -2.20. The zero-order valence-electron chi connectivity index (χ0n) is 8.86. The fourth-order valence-electron chi connectivity index (χ4n) is 0.820. The molecule has 0 heterocycles. The summed E-state index contributed by atoms with van der Waals surface area (Å²) in [7, 11) is 0. The predicted octanol–water partition coefficient (Wildman–Crippen LogP) is 1.96. The quantitative estimate of drug-likeness (QED) is 0.527. The minimum absolute atomic E-state index is 0.287. The van der Waals surface area contributed by atoms with Gasteiger partial charge in [-0.25, -0.2) is 0 Å². The molecule has 3 heteroatoms. The van der Waals surface area contributed by atoms with Crippen LogP contribution in [-0.2, 0) is 4.74 Å². The molecule has 0 saturated heterocycles. The molecule has 0 aliphatic rings. The van der Waals surface area contributed by atoms with E-state index in [1.54, 1.807) is 6.92 Å². The van der Waals surface area contributed by atoms with Gasteiger partial charge in [0.25, 0.3) is 0 Å². The van der Waals surface area contributed by atoms with Gasteiger partial charge in [-0.15, -0.1) is 0 Å². The molecule has 0 bridgehead atoms. The van der Waals surface area contributed by atoms with E-state index in [0.717, 1.165) is 13.1 Å². The Morgan fingerprint density at radius 2 is 1.69 bits per heavy atom. The van der Waals surface area contributed by atoms with Crippen molar-refractivity contribution in [1.82, 2.24) is 4.90 Å². The molecule has 0 aromatic carbocycles. The summed E-state index contributed by atoms with van der Waals surface area (Å²) < 4.78 is 4.36. The maximum atomic E-state index is 8.94. The molecule has 1 N–H and O–H groups in total. The van der Waals surface area contributed by atoms with Crippen LogP contribution < -0.4 is 0 Å². The highest BCUT2D eigenvalue weighted by atomic mass is 16.5. The molecule has 0 fully saturated rings. The SMILES string of the molecule is C=COC=C.CCN(CC)C(C)O. The second-order valence-electron chi connectivity index (χ2n) is 2.32. The molecule has 0 aliphatic heterocycles. The molecule has 1 unspecified atom stereocenters. The lowest BCUT2D eigenvalue weighted by atomic mass is 10.5. The Morgan fingerprint density at radius 3 is 1.69 bits per heavy atom. The molecule has 1 atom stereocenters. The molecule has 0 amide bonds. The van der Waals surface area contributed by atoms with Crippen molar-refractivity contribution in [3.05, 3.63) is 25.7 Å². The second-order valence-corrected chi connectivity index (χ2v) is 2.32. The van der Waals surface area contributed by atoms with Crippen LogP contribution >= 0.6 is 0 Å². The largest absolute Gasteiger partial charge is 0.474 e. The minimum atomic E-state index is -0.287. The third kappa shape index (κ3) is 11.2. The first-order chi connectivity index (χ1) is 6.13. The third-order valence-electron chi connectivity index (χ3n) is 1.53. The summed E-state index contributed by atoms with van der Waals surface area (Å²) in [5.74, 6) is 0. The van der Waals surface area contributed by atoms with E-state index in [1.807, 2.05) is 18.7 Å². The molecular formula is C10H21NO2. The second kappa shape index (κ2) is 11.2. The smallest absolute Gasteiger partial charge is 0.104 e. The molecule has 0 spiro atoms. The van der Waals surface area contributed by atoms with Crippen molar-refractivity contribution in [2.75, 3.05) is 13.1 Å². The van der Waals surface area contributed by atoms with Gasteiger partial charge in [-0.1, -0.05) is 27.0 Å². The van der Waals surface area contributed by atoms with E-state index in [4.69, 9.17) is 5.11 Å². The summed E-state index contributed by atoms with van der Waals surface area (Å²) in [5.41, 5.74) is 0. The molecule has 0 saturated carbocycles. The Labute approximate surface area is 81.3 Å². The van der Waals surface area contributed by atoms with Gasteiger partial charge in [0.2, 0.25) is 0 Å². The van der Waals surface area contributed by atoms with E-state index < -0.39 is 0 Å². The highest BCUT2D eigenvalue weighted by Crippen LogP contribution is 1.91. The summed E-state index contributed by atoms with van der Waals surface area (Å²) in [6.07, 6.45) is 2.34. The van der Waals surface area contributed by atoms with E-state index in [2.05, 4.69) is 17.9 Å². The lowest BCUT2D eigenvalue weighted by molar-refractivity contribution is 0.0265. The molecule has 0 rings (SSSR count). The molecule has 0 aromatic heterocycles. The van der Waals surface area contributed by atoms with Crippen molar-refractivity contribution in [2.45, 2.75) is 27.0 Å². The number of ether oxygens (including phenoxy) is 1. The molecule has 0 aliphatic carbocycles. The molecular weight excluding hydrogens is 166 g/mol. The summed E-state index contributed by atoms with van der Waals surface area (Å²) in [4.78, 5) is 1.97. The van der Waals surface area contributed by atoms with Crippen LogP contribution in [0.2, 0.25) is 0 Å². The first-order valence-electron chi connectivity index (χ1n) is 4.43. The van der Waals surface area contributed by atoms with Gasteiger partial charge in [-0.2, -0.15) is 0 Å². The van der Waals surface area contributed by atoms with Crippen LogP contribution in [0.1, 0.15) is 20.8 Å². The highest BCUT2D eigenvalue weighted by Gasteiger charge is 2.02. The van der Waals surface area contributed by atoms with E-state index in [0.29, 0.717) is 0 Å². The van der Waals surface area contributed by atoms with Gasteiger partial charge in [0.15, 0.2) is 0 Å². The van der Waals surface area contributed by atoms with E-state index in [9.17, 15) is 0 Å². The van der Waals surface area contributed by atoms with Crippen LogP contribution in [0.25, 0.3) is 0 Å². The Balaban J connectivity index is 0. The van der Waals surface area contributed by atoms with Crippen molar-refractivity contribution in [1.29, 1.82) is 0 Å². The first-order valence-corrected chi connectivity index (χ1v) is 4.43. The Kier molecular flexibility index (Phi) is 12.7. The van der Waals surface area contributed by atoms with Crippen molar-refractivity contribution in [3.63, 3.8) is 0 Å². The van der Waals surface area contributed by atoms with Gasteiger partial charge in [-0.05, 0) is 20.0 Å². The standard InChI is InChI=1S/C6H15NO.C4H6O/c1-4-7(5-2)6(3)8;1-3-5-4-2/h6,8H,4-5H2,1-3H3;3-4H,1-2H2. The number of rotatable bonds is 5. The third-order valence-corrected chi connectivity index (χ3v) is 1.53. The van der Waals surface area contributed by atoms with Gasteiger partial charge in [0.1, 0.15) is 6.23 Å². The average molecular weight is 187 g/mol. The maximum Gasteiger partial charge on any atom is 0.104 e. The number of hydrogen-bond donors (Lipinski definition) is 1. The maximum absolute atomic E-state index is 8.94.